The average molecular weight is 111 g/mol. The minimum atomic E-state index is 0. The molecule has 0 spiro atoms. The monoisotopic (exact) mass is 111 g/mol. The summed E-state index contributed by atoms with van der Waals surface area (Å²) < 4.78 is 0. The second-order valence-corrected chi connectivity index (χ2v) is 0. The molecule has 5 heteroatoms. The zero-order chi connectivity index (χ0) is 2.00. The van der Waals surface area contributed by atoms with E-state index in [1.54, 1.807) is 0 Å². The minimum Gasteiger partial charge on any atom is -0.333 e. The zero-order valence-electron chi connectivity index (χ0n) is 3.21. The fraction of sp³-hybridized carbons (Fsp3) is 1.00. The molecule has 0 unspecified atom stereocenters. The third kappa shape index (κ3) is 258. The van der Waals surface area contributed by atoms with Gasteiger partial charge in [0.1, 0.15) is 0 Å². The highest BCUT2D eigenvalue weighted by Gasteiger charge is 0.836. The molecule has 2 N–H and O–H groups in total. The van der Waals surface area contributed by atoms with Crippen LogP contribution in [0.4, 0.5) is 18.8 Å². The van der Waals surface area contributed by atoms with E-state index in [1.807, 2.05) is 0 Å². The molecule has 6 heavy (non-hydrogen) atoms. The molecule has 0 heterocycles. The van der Waals surface area contributed by atoms with Crippen molar-refractivity contribution in [3.63, 3.8) is 0 Å². The second-order valence-electron chi connectivity index (χ2n) is 0. The van der Waals surface area contributed by atoms with Crippen molar-refractivity contribution in [2.75, 3.05) is 7.05 Å². The van der Waals surface area contributed by atoms with E-state index in [4.69, 9.17) is 0 Å². The molecule has 0 rings (SSSR count). The first kappa shape index (κ1) is 269. The van der Waals surface area contributed by atoms with Gasteiger partial charge in [0, 0.05) is 0 Å². The van der Waals surface area contributed by atoms with Crippen LogP contribution in [0.25, 0.3) is 0 Å². The Morgan fingerprint density at radius 1 is 0.667 bits per heavy atom. The van der Waals surface area contributed by atoms with Gasteiger partial charge in [0.2, 0.25) is 0 Å². The SMILES string of the molecule is CN.F.F.F.F. The van der Waals surface area contributed by atoms with E-state index in [2.05, 4.69) is 5.73 Å². The predicted octanol–water partition coefficient (Wildman–Crippen LogP) is 0.185. The molecule has 0 aliphatic rings. The molecule has 1 nitrogen and oxygen atoms in total. The molecule has 0 aliphatic heterocycles. The van der Waals surface area contributed by atoms with E-state index in [0.29, 0.717) is 0 Å². The maximum atomic E-state index is 4.50. The molecule has 0 amide bonds. The minimum absolute atomic E-state index is 0. The quantitative estimate of drug-likeness (QED) is 0.443. The Hall–Kier alpha value is -0.320. The number of hydrogen-bond donors (Lipinski definition) is 1. The van der Waals surface area contributed by atoms with Gasteiger partial charge in [0.05, 0.1) is 0 Å². The predicted molar refractivity (Wildman–Crippen MR) is 20.1 cm³/mol. The summed E-state index contributed by atoms with van der Waals surface area (Å²) in [5, 5.41) is 0. The van der Waals surface area contributed by atoms with Crippen LogP contribution in [0.15, 0.2) is 0 Å². The van der Waals surface area contributed by atoms with Crippen LogP contribution in [0.2, 0.25) is 0 Å². The third-order valence-electron chi connectivity index (χ3n) is 0. The van der Waals surface area contributed by atoms with Crippen molar-refractivity contribution in [2.24, 2.45) is 5.73 Å². The molecule has 0 radical (unpaired) electrons. The van der Waals surface area contributed by atoms with Gasteiger partial charge in [-0.3, -0.25) is 18.8 Å². The lowest BCUT2D eigenvalue weighted by Crippen LogP contribution is -1.69. The summed E-state index contributed by atoms with van der Waals surface area (Å²) in [6, 6.07) is 0. The molecule has 0 saturated carbocycles. The molecule has 0 bridgehead atoms. The van der Waals surface area contributed by atoms with E-state index in [1.165, 1.54) is 7.05 Å². The fourth-order valence-electron chi connectivity index (χ4n) is 0. The highest BCUT2D eigenvalue weighted by molar-refractivity contribution is 3.54. The van der Waals surface area contributed by atoms with Gasteiger partial charge < -0.3 is 5.73 Å². The lowest BCUT2D eigenvalue weighted by atomic mass is 11.6. The molecule has 0 aliphatic carbocycles. The van der Waals surface area contributed by atoms with Crippen molar-refractivity contribution in [1.82, 2.24) is 0 Å². The summed E-state index contributed by atoms with van der Waals surface area (Å²) in [7, 11) is 1.50. The Kier molecular flexibility index (Phi) is 27800. The highest BCUT2D eigenvalue weighted by Crippen LogP contribution is 0.469. The topological polar surface area (TPSA) is 26.0 Å². The molecule has 0 aromatic heterocycles. The molecule has 0 aromatic rings. The number of nitrogens with two attached hydrogens (primary N) is 1. The summed E-state index contributed by atoms with van der Waals surface area (Å²) in [4.78, 5) is 0. The maximum absolute atomic E-state index is 4.50. The summed E-state index contributed by atoms with van der Waals surface area (Å²) in [6.07, 6.45) is 0. The zero-order valence-corrected chi connectivity index (χ0v) is 3.21. The highest BCUT2D eigenvalue weighted by atomic mass is 19.0. The van der Waals surface area contributed by atoms with Crippen molar-refractivity contribution in [3.05, 3.63) is 0 Å². The first-order valence-electron chi connectivity index (χ1n) is 0.577. The summed E-state index contributed by atoms with van der Waals surface area (Å²) >= 11 is 0. The summed E-state index contributed by atoms with van der Waals surface area (Å²) in [5.74, 6) is 0. The normalized spacial score (nSPS) is 1.00. The number of hydrogen-bond acceptors (Lipinski definition) is 1. The van der Waals surface area contributed by atoms with Crippen LogP contribution in [-0.2, 0) is 0 Å². The Balaban J connectivity index is -0.000000000833. The number of halogens is 4. The van der Waals surface area contributed by atoms with E-state index in [0.717, 1.165) is 0 Å². The lowest BCUT2D eigenvalue weighted by molar-refractivity contribution is 1.11. The van der Waals surface area contributed by atoms with Crippen LogP contribution in [0.5, 0.6) is 0 Å². The van der Waals surface area contributed by atoms with Gasteiger partial charge in [-0.2, -0.15) is 0 Å². The molecular formula is CH9F4N. The first-order chi connectivity index (χ1) is 1.00. The fourth-order valence-corrected chi connectivity index (χ4v) is 0. The van der Waals surface area contributed by atoms with E-state index in [9.17, 15) is 0 Å². The Bertz CT molecular complexity index is 7.51. The van der Waals surface area contributed by atoms with Gasteiger partial charge in [0.15, 0.2) is 0 Å². The molecular weight excluding hydrogens is 102 g/mol. The lowest BCUT2D eigenvalue weighted by Gasteiger charge is -1.19. The van der Waals surface area contributed by atoms with Gasteiger partial charge in [-0.05, 0) is 7.05 Å². The van der Waals surface area contributed by atoms with Crippen molar-refractivity contribution < 1.29 is 18.8 Å². The summed E-state index contributed by atoms with van der Waals surface area (Å²) in [5.41, 5.74) is 4.50. The van der Waals surface area contributed by atoms with Gasteiger partial charge in [-0.15, -0.1) is 0 Å². The van der Waals surface area contributed by atoms with Crippen LogP contribution >= 0.6 is 0 Å². The average Bonchev–Trinajstić information content (AvgIpc) is 1.00. The number of rotatable bonds is 0. The molecule has 0 atom stereocenters. The van der Waals surface area contributed by atoms with Gasteiger partial charge in [-0.25, -0.2) is 0 Å². The van der Waals surface area contributed by atoms with Crippen LogP contribution in [0.1, 0.15) is 0 Å². The standard InChI is InChI=1S/CH5N.4FH/c1-2;;;;/h2H2,1H3;4*1H. The smallest absolute Gasteiger partial charge is 0.0195 e. The molecule has 0 fully saturated rings. The van der Waals surface area contributed by atoms with E-state index >= 15 is 0 Å². The second kappa shape index (κ2) is 619. The molecule has 0 aromatic carbocycles. The maximum Gasteiger partial charge on any atom is -0.0195 e. The van der Waals surface area contributed by atoms with Crippen molar-refractivity contribution in [2.45, 2.75) is 0 Å². The largest absolute Gasteiger partial charge is 0.333 e. The van der Waals surface area contributed by atoms with Crippen molar-refractivity contribution in [1.29, 1.82) is 0 Å². The Morgan fingerprint density at radius 3 is 0.667 bits per heavy atom. The third-order valence-corrected chi connectivity index (χ3v) is 0. The van der Waals surface area contributed by atoms with Crippen LogP contribution in [-0.4, -0.2) is 7.05 Å². The van der Waals surface area contributed by atoms with Crippen LogP contribution in [0.3, 0.4) is 0 Å². The summed E-state index contributed by atoms with van der Waals surface area (Å²) in [6.45, 7) is 0. The van der Waals surface area contributed by atoms with Crippen molar-refractivity contribution in [3.8, 4) is 0 Å². The first-order valence-corrected chi connectivity index (χ1v) is 0.577. The van der Waals surface area contributed by atoms with E-state index in [-0.39, 0.29) is 18.8 Å². The molecule has 46 valence electrons. The van der Waals surface area contributed by atoms with Crippen LogP contribution in [0, 0.1) is 0 Å². The van der Waals surface area contributed by atoms with Crippen molar-refractivity contribution >= 4 is 0 Å². The van der Waals surface area contributed by atoms with Gasteiger partial charge >= 0.3 is 0 Å². The van der Waals surface area contributed by atoms with E-state index < -0.39 is 0 Å². The van der Waals surface area contributed by atoms with Gasteiger partial charge in [-0.1, -0.05) is 0 Å². The Labute approximate surface area is 33.0 Å². The van der Waals surface area contributed by atoms with Gasteiger partial charge in [0.25, 0.3) is 0 Å². The Morgan fingerprint density at radius 2 is 0.667 bits per heavy atom. The molecule has 0 saturated heterocycles. The van der Waals surface area contributed by atoms with Crippen LogP contribution < -0.4 is 5.73 Å².